The first-order valence-corrected chi connectivity index (χ1v) is 10.3. The Morgan fingerprint density at radius 2 is 1.38 bits per heavy atom. The summed E-state index contributed by atoms with van der Waals surface area (Å²) in [4.78, 5) is 73.6. The topological polar surface area (TPSA) is 163 Å². The molecule has 1 N–H and O–H groups in total. The number of carbonyl (C=O) groups excluding carboxylic acids is 6. The average molecular weight is 477 g/mol. The Morgan fingerprint density at radius 3 is 1.88 bits per heavy atom. The van der Waals surface area contributed by atoms with E-state index in [9.17, 15) is 33.9 Å². The highest BCUT2D eigenvalue weighted by Gasteiger charge is 2.57. The molecule has 2 aliphatic heterocycles. The van der Waals surface area contributed by atoms with E-state index in [0.29, 0.717) is 4.90 Å². The van der Waals surface area contributed by atoms with Crippen LogP contribution in [0.4, 0.5) is 0 Å². The van der Waals surface area contributed by atoms with Crippen LogP contribution in [0.25, 0.3) is 0 Å². The Labute approximate surface area is 193 Å². The van der Waals surface area contributed by atoms with E-state index in [0.717, 1.165) is 13.8 Å². The number of hydrogen-bond acceptors (Lipinski definition) is 11. The molecule has 12 nitrogen and oxygen atoms in total. The molecule has 1 saturated heterocycles. The molecule has 5 atom stereocenters. The van der Waals surface area contributed by atoms with Gasteiger partial charge in [-0.1, -0.05) is 12.1 Å². The Kier molecular flexibility index (Phi) is 7.42. The monoisotopic (exact) mass is 477 g/mol. The Morgan fingerprint density at radius 1 is 0.853 bits per heavy atom. The number of esters is 3. The van der Waals surface area contributed by atoms with Crippen molar-refractivity contribution in [2.45, 2.75) is 64.4 Å². The largest absolute Gasteiger partial charge is 0.454 e. The molecule has 0 unspecified atom stereocenters. The second kappa shape index (κ2) is 10.1. The van der Waals surface area contributed by atoms with Gasteiger partial charge in [-0.2, -0.15) is 0 Å². The van der Waals surface area contributed by atoms with Crippen molar-refractivity contribution >= 4 is 35.5 Å². The molecule has 2 aliphatic rings. The maximum atomic E-state index is 13.0. The zero-order valence-corrected chi connectivity index (χ0v) is 18.6. The first-order chi connectivity index (χ1) is 16.0. The van der Waals surface area contributed by atoms with Gasteiger partial charge in [0.15, 0.2) is 30.8 Å². The first-order valence-electron chi connectivity index (χ1n) is 10.3. The quantitative estimate of drug-likeness (QED) is 0.322. The zero-order chi connectivity index (χ0) is 25.2. The number of benzene rings is 1. The van der Waals surface area contributed by atoms with Crippen molar-refractivity contribution in [1.82, 2.24) is 4.90 Å². The fourth-order valence-corrected chi connectivity index (χ4v) is 3.71. The zero-order valence-electron chi connectivity index (χ0n) is 18.6. The van der Waals surface area contributed by atoms with E-state index in [1.165, 1.54) is 19.1 Å². The Hall–Kier alpha value is -3.64. The molecule has 182 valence electrons. The van der Waals surface area contributed by atoms with Crippen LogP contribution in [-0.2, 0) is 38.1 Å². The highest BCUT2D eigenvalue weighted by Crippen LogP contribution is 2.34. The first kappa shape index (κ1) is 25.0. The van der Waals surface area contributed by atoms with Crippen molar-refractivity contribution in [3.05, 3.63) is 35.4 Å². The molecule has 0 radical (unpaired) electrons. The highest BCUT2D eigenvalue weighted by molar-refractivity contribution is 6.21. The van der Waals surface area contributed by atoms with Crippen LogP contribution in [0, 0.1) is 0 Å². The number of imide groups is 1. The molecule has 0 aromatic heterocycles. The lowest BCUT2D eigenvalue weighted by Gasteiger charge is -2.44. The molecule has 0 saturated carbocycles. The summed E-state index contributed by atoms with van der Waals surface area (Å²) < 4.78 is 21.1. The number of aliphatic hydroxyl groups excluding tert-OH is 1. The molecule has 2 amide bonds. The summed E-state index contributed by atoms with van der Waals surface area (Å²) in [7, 11) is 0. The van der Waals surface area contributed by atoms with E-state index >= 15 is 0 Å². The SMILES string of the molecule is CC(=O)CCC(=O)O[C@@H]1[C@@H](OC(C)=O)[C@H](OC(C)=O)[C@@H](N2C(=O)c3ccccc3C2=O)O[C@H]1O. The van der Waals surface area contributed by atoms with Crippen LogP contribution in [-0.4, -0.2) is 76.3 Å². The summed E-state index contributed by atoms with van der Waals surface area (Å²) in [5.74, 6) is -4.53. The number of amides is 2. The standard InChI is InChI=1S/C22H23NO11/c1-10(24)8-9-15(27)33-18-16(31-11(2)25)17(32-12(3)26)21(34-22(18)30)23-19(28)13-6-4-5-7-14(13)20(23)29/h4-7,16-18,21-22,30H,8-9H2,1-3H3/t16-,17-,18+,21-,22+/m0/s1. The third-order valence-electron chi connectivity index (χ3n) is 5.12. The second-order valence-corrected chi connectivity index (χ2v) is 7.75. The number of rotatable bonds is 7. The van der Waals surface area contributed by atoms with E-state index < -0.39 is 60.6 Å². The predicted molar refractivity (Wildman–Crippen MR) is 109 cm³/mol. The summed E-state index contributed by atoms with van der Waals surface area (Å²) in [6.45, 7) is 3.33. The van der Waals surface area contributed by atoms with Crippen LogP contribution in [0.2, 0.25) is 0 Å². The molecule has 34 heavy (non-hydrogen) atoms. The minimum absolute atomic E-state index is 0.0639. The van der Waals surface area contributed by atoms with Gasteiger partial charge in [-0.15, -0.1) is 0 Å². The van der Waals surface area contributed by atoms with Crippen molar-refractivity contribution < 1.29 is 52.8 Å². The van der Waals surface area contributed by atoms with Crippen LogP contribution in [0.1, 0.15) is 54.3 Å². The normalized spacial score (nSPS) is 26.0. The molecule has 0 aliphatic carbocycles. The predicted octanol–water partition coefficient (Wildman–Crippen LogP) is 0.102. The number of hydrogen-bond donors (Lipinski definition) is 1. The lowest BCUT2D eigenvalue weighted by atomic mass is 10.0. The van der Waals surface area contributed by atoms with Crippen LogP contribution >= 0.6 is 0 Å². The van der Waals surface area contributed by atoms with E-state index in [2.05, 4.69) is 0 Å². The Bertz CT molecular complexity index is 1000. The summed E-state index contributed by atoms with van der Waals surface area (Å²) in [5, 5.41) is 10.6. The lowest BCUT2D eigenvalue weighted by Crippen LogP contribution is -2.66. The molecule has 1 aromatic rings. The number of fused-ring (bicyclic) bond motifs is 1. The van der Waals surface area contributed by atoms with Gasteiger partial charge >= 0.3 is 17.9 Å². The molecule has 1 fully saturated rings. The number of Topliss-reactive ketones (excluding diaryl/α,β-unsaturated/α-hetero) is 1. The van der Waals surface area contributed by atoms with Crippen LogP contribution in [0.15, 0.2) is 24.3 Å². The molecule has 2 heterocycles. The summed E-state index contributed by atoms with van der Waals surface area (Å²) >= 11 is 0. The van der Waals surface area contributed by atoms with Gasteiger partial charge in [0.05, 0.1) is 17.5 Å². The number of ether oxygens (including phenoxy) is 4. The molecule has 0 spiro atoms. The number of nitrogens with zero attached hydrogens (tertiary/aromatic N) is 1. The van der Waals surface area contributed by atoms with Crippen molar-refractivity contribution in [1.29, 1.82) is 0 Å². The van der Waals surface area contributed by atoms with Crippen LogP contribution in [0.3, 0.4) is 0 Å². The van der Waals surface area contributed by atoms with Gasteiger partial charge in [-0.05, 0) is 19.1 Å². The fourth-order valence-electron chi connectivity index (χ4n) is 3.71. The number of ketones is 1. The maximum Gasteiger partial charge on any atom is 0.306 e. The van der Waals surface area contributed by atoms with Gasteiger partial charge in [0, 0.05) is 20.3 Å². The molecular formula is C22H23NO11. The van der Waals surface area contributed by atoms with E-state index in [1.54, 1.807) is 12.1 Å². The minimum atomic E-state index is -1.98. The molecule has 12 heteroatoms. The smallest absolute Gasteiger partial charge is 0.306 e. The van der Waals surface area contributed by atoms with Crippen LogP contribution in [0.5, 0.6) is 0 Å². The molecule has 0 bridgehead atoms. The van der Waals surface area contributed by atoms with Gasteiger partial charge in [-0.3, -0.25) is 24.0 Å². The lowest BCUT2D eigenvalue weighted by molar-refractivity contribution is -0.306. The molecule has 3 rings (SSSR count). The number of carbonyl (C=O) groups is 6. The minimum Gasteiger partial charge on any atom is -0.454 e. The Balaban J connectivity index is 1.96. The summed E-state index contributed by atoms with van der Waals surface area (Å²) in [6.07, 6.45) is -9.11. The highest BCUT2D eigenvalue weighted by atomic mass is 16.7. The van der Waals surface area contributed by atoms with Crippen molar-refractivity contribution in [2.24, 2.45) is 0 Å². The van der Waals surface area contributed by atoms with Gasteiger partial charge in [0.1, 0.15) is 5.78 Å². The van der Waals surface area contributed by atoms with E-state index in [-0.39, 0.29) is 29.8 Å². The van der Waals surface area contributed by atoms with Crippen molar-refractivity contribution in [3.63, 3.8) is 0 Å². The third-order valence-corrected chi connectivity index (χ3v) is 5.12. The van der Waals surface area contributed by atoms with E-state index in [1.807, 2.05) is 0 Å². The van der Waals surface area contributed by atoms with Crippen molar-refractivity contribution in [2.75, 3.05) is 0 Å². The van der Waals surface area contributed by atoms with Gasteiger partial charge < -0.3 is 28.8 Å². The maximum absolute atomic E-state index is 13.0. The van der Waals surface area contributed by atoms with Crippen LogP contribution < -0.4 is 0 Å². The fraction of sp³-hybridized carbons (Fsp3) is 0.455. The van der Waals surface area contributed by atoms with Gasteiger partial charge in [0.2, 0.25) is 0 Å². The van der Waals surface area contributed by atoms with Gasteiger partial charge in [0.25, 0.3) is 11.8 Å². The number of aliphatic hydroxyl groups is 1. The second-order valence-electron chi connectivity index (χ2n) is 7.75. The van der Waals surface area contributed by atoms with E-state index in [4.69, 9.17) is 18.9 Å². The third kappa shape index (κ3) is 5.13. The average Bonchev–Trinajstić information content (AvgIpc) is 3.01. The molecule has 1 aromatic carbocycles. The van der Waals surface area contributed by atoms with Gasteiger partial charge in [-0.25, -0.2) is 4.90 Å². The summed E-state index contributed by atoms with van der Waals surface area (Å²) in [5.41, 5.74) is 0.128. The summed E-state index contributed by atoms with van der Waals surface area (Å²) in [6, 6.07) is 5.93. The molecular weight excluding hydrogens is 454 g/mol. The van der Waals surface area contributed by atoms with Crippen molar-refractivity contribution in [3.8, 4) is 0 Å².